The number of likely N-dealkylation sites (N-methyl/N-ethyl adjacent to an activating group) is 1. The highest BCUT2D eigenvalue weighted by Gasteiger charge is 2.34. The van der Waals surface area contributed by atoms with Crippen molar-refractivity contribution in [3.05, 3.63) is 29.3 Å². The minimum Gasteiger partial charge on any atom is -0.367 e. The van der Waals surface area contributed by atoms with Gasteiger partial charge in [-0.15, -0.1) is 0 Å². The summed E-state index contributed by atoms with van der Waals surface area (Å²) in [5.74, 6) is 0. The van der Waals surface area contributed by atoms with Crippen molar-refractivity contribution in [1.82, 2.24) is 0 Å². The fraction of sp³-hybridized carbons (Fsp3) is 0.500. The van der Waals surface area contributed by atoms with Gasteiger partial charge in [-0.3, -0.25) is 0 Å². The van der Waals surface area contributed by atoms with Crippen molar-refractivity contribution in [2.24, 2.45) is 5.73 Å². The Labute approximate surface area is 98.2 Å². The molecular weight excluding hydrogens is 229 g/mol. The van der Waals surface area contributed by atoms with E-state index in [0.717, 1.165) is 18.1 Å². The van der Waals surface area contributed by atoms with Crippen LogP contribution in [0.5, 0.6) is 0 Å². The van der Waals surface area contributed by atoms with Gasteiger partial charge in [0.1, 0.15) is 0 Å². The molecule has 1 aromatic rings. The average Bonchev–Trinajstić information content (AvgIpc) is 2.64. The van der Waals surface area contributed by atoms with Crippen molar-refractivity contribution in [3.63, 3.8) is 0 Å². The van der Waals surface area contributed by atoms with Gasteiger partial charge in [-0.25, -0.2) is 0 Å². The molecule has 2 rings (SSSR count). The Hall–Kier alpha value is -1.23. The number of nitrogens with two attached hydrogens (primary N) is 1. The van der Waals surface area contributed by atoms with Crippen LogP contribution in [0.1, 0.15) is 18.1 Å². The molecule has 0 amide bonds. The van der Waals surface area contributed by atoms with E-state index in [0.29, 0.717) is 18.8 Å². The van der Waals surface area contributed by atoms with E-state index >= 15 is 0 Å². The summed E-state index contributed by atoms with van der Waals surface area (Å²) in [7, 11) is 0. The molecule has 1 atom stereocenters. The molecule has 0 saturated carbocycles. The van der Waals surface area contributed by atoms with Gasteiger partial charge in [0.15, 0.2) is 0 Å². The molecule has 1 heterocycles. The maximum Gasteiger partial charge on any atom is 0.416 e. The summed E-state index contributed by atoms with van der Waals surface area (Å²) in [5, 5.41) is 0. The summed E-state index contributed by atoms with van der Waals surface area (Å²) in [6.45, 7) is 3.07. The number of hydrogen-bond acceptors (Lipinski definition) is 2. The lowest BCUT2D eigenvalue weighted by atomic mass is 10.1. The number of alkyl halides is 3. The number of fused-ring (bicyclic) bond motifs is 1. The Bertz CT molecular complexity index is 415. The van der Waals surface area contributed by atoms with Crippen LogP contribution >= 0.6 is 0 Å². The van der Waals surface area contributed by atoms with Crippen LogP contribution in [-0.2, 0) is 12.6 Å². The quantitative estimate of drug-likeness (QED) is 0.865. The SMILES string of the molecule is CCN1c2cc(C(F)(F)F)ccc2CC1CN. The molecule has 2 N–H and O–H groups in total. The summed E-state index contributed by atoms with van der Waals surface area (Å²) >= 11 is 0. The fourth-order valence-corrected chi connectivity index (χ4v) is 2.38. The van der Waals surface area contributed by atoms with Crippen LogP contribution in [-0.4, -0.2) is 19.1 Å². The second-order valence-electron chi connectivity index (χ2n) is 4.22. The van der Waals surface area contributed by atoms with Crippen molar-refractivity contribution in [1.29, 1.82) is 0 Å². The van der Waals surface area contributed by atoms with Crippen molar-refractivity contribution in [2.75, 3.05) is 18.0 Å². The summed E-state index contributed by atoms with van der Waals surface area (Å²) in [4.78, 5) is 1.95. The topological polar surface area (TPSA) is 29.3 Å². The van der Waals surface area contributed by atoms with Gasteiger partial charge in [0.05, 0.1) is 5.56 Å². The number of halogens is 3. The molecule has 0 radical (unpaired) electrons. The predicted octanol–water partition coefficient (Wildman–Crippen LogP) is 2.42. The van der Waals surface area contributed by atoms with E-state index in [1.807, 2.05) is 11.8 Å². The summed E-state index contributed by atoms with van der Waals surface area (Å²) in [5.41, 5.74) is 6.68. The van der Waals surface area contributed by atoms with Gasteiger partial charge in [0, 0.05) is 24.8 Å². The number of hydrogen-bond donors (Lipinski definition) is 1. The molecule has 2 nitrogen and oxygen atoms in total. The first-order valence-corrected chi connectivity index (χ1v) is 5.64. The van der Waals surface area contributed by atoms with Gasteiger partial charge in [-0.1, -0.05) is 6.07 Å². The smallest absolute Gasteiger partial charge is 0.367 e. The van der Waals surface area contributed by atoms with Crippen molar-refractivity contribution >= 4 is 5.69 Å². The first kappa shape index (κ1) is 12.2. The Kier molecular flexibility index (Phi) is 3.03. The molecule has 94 valence electrons. The fourth-order valence-electron chi connectivity index (χ4n) is 2.38. The van der Waals surface area contributed by atoms with Crippen LogP contribution in [0.25, 0.3) is 0 Å². The number of rotatable bonds is 2. The van der Waals surface area contributed by atoms with Crippen molar-refractivity contribution in [3.8, 4) is 0 Å². The molecule has 5 heteroatoms. The zero-order valence-corrected chi connectivity index (χ0v) is 9.59. The van der Waals surface area contributed by atoms with Gasteiger partial charge < -0.3 is 10.6 Å². The average molecular weight is 244 g/mol. The van der Waals surface area contributed by atoms with E-state index in [1.165, 1.54) is 6.07 Å². The van der Waals surface area contributed by atoms with Gasteiger partial charge >= 0.3 is 6.18 Å². The minimum atomic E-state index is -4.28. The van der Waals surface area contributed by atoms with Gasteiger partial charge in [0.2, 0.25) is 0 Å². The number of nitrogens with zero attached hydrogens (tertiary/aromatic N) is 1. The second kappa shape index (κ2) is 4.22. The largest absolute Gasteiger partial charge is 0.416 e. The van der Waals surface area contributed by atoms with Crippen LogP contribution < -0.4 is 10.6 Å². The number of benzene rings is 1. The summed E-state index contributed by atoms with van der Waals surface area (Å²) < 4.78 is 37.9. The number of anilines is 1. The van der Waals surface area contributed by atoms with Gasteiger partial charge in [0.25, 0.3) is 0 Å². The van der Waals surface area contributed by atoms with Crippen LogP contribution in [0.4, 0.5) is 18.9 Å². The normalized spacial score (nSPS) is 19.6. The summed E-state index contributed by atoms with van der Waals surface area (Å²) in [6, 6.07) is 4.06. The van der Waals surface area contributed by atoms with E-state index in [2.05, 4.69) is 0 Å². The third-order valence-electron chi connectivity index (χ3n) is 3.23. The first-order valence-electron chi connectivity index (χ1n) is 5.64. The lowest BCUT2D eigenvalue weighted by molar-refractivity contribution is -0.137. The Morgan fingerprint density at radius 2 is 2.12 bits per heavy atom. The standard InChI is InChI=1S/C12H15F3N2/c1-2-17-10(7-16)5-8-3-4-9(6-11(8)17)12(13,14)15/h3-4,6,10H,2,5,7,16H2,1H3. The molecular formula is C12H15F3N2. The van der Waals surface area contributed by atoms with E-state index in [9.17, 15) is 13.2 Å². The lowest BCUT2D eigenvalue weighted by Gasteiger charge is -2.25. The molecule has 0 aromatic heterocycles. The van der Waals surface area contributed by atoms with Crippen molar-refractivity contribution in [2.45, 2.75) is 25.6 Å². The Morgan fingerprint density at radius 3 is 2.65 bits per heavy atom. The van der Waals surface area contributed by atoms with E-state index in [4.69, 9.17) is 5.73 Å². The molecule has 1 aliphatic heterocycles. The van der Waals surface area contributed by atoms with Crippen LogP contribution in [0, 0.1) is 0 Å². The highest BCUT2D eigenvalue weighted by atomic mass is 19.4. The molecule has 0 saturated heterocycles. The van der Waals surface area contributed by atoms with Crippen LogP contribution in [0.2, 0.25) is 0 Å². The second-order valence-corrected chi connectivity index (χ2v) is 4.22. The molecule has 1 aromatic carbocycles. The zero-order valence-electron chi connectivity index (χ0n) is 9.59. The first-order chi connectivity index (χ1) is 7.97. The zero-order chi connectivity index (χ0) is 12.6. The van der Waals surface area contributed by atoms with Crippen LogP contribution in [0.3, 0.4) is 0 Å². The molecule has 17 heavy (non-hydrogen) atoms. The van der Waals surface area contributed by atoms with E-state index < -0.39 is 11.7 Å². The maximum atomic E-state index is 12.6. The lowest BCUT2D eigenvalue weighted by Crippen LogP contribution is -2.37. The van der Waals surface area contributed by atoms with Gasteiger partial charge in [-0.05, 0) is 31.0 Å². The Balaban J connectivity index is 2.40. The highest BCUT2D eigenvalue weighted by Crippen LogP contribution is 2.37. The van der Waals surface area contributed by atoms with Gasteiger partial charge in [-0.2, -0.15) is 13.2 Å². The Morgan fingerprint density at radius 1 is 1.41 bits per heavy atom. The maximum absolute atomic E-state index is 12.6. The predicted molar refractivity (Wildman–Crippen MR) is 61.0 cm³/mol. The van der Waals surface area contributed by atoms with Crippen molar-refractivity contribution < 1.29 is 13.2 Å². The van der Waals surface area contributed by atoms with Crippen LogP contribution in [0.15, 0.2) is 18.2 Å². The molecule has 0 fully saturated rings. The van der Waals surface area contributed by atoms with E-state index in [1.54, 1.807) is 6.07 Å². The minimum absolute atomic E-state index is 0.124. The molecule has 1 unspecified atom stereocenters. The molecule has 0 aliphatic carbocycles. The molecule has 0 spiro atoms. The third-order valence-corrected chi connectivity index (χ3v) is 3.23. The van der Waals surface area contributed by atoms with E-state index in [-0.39, 0.29) is 6.04 Å². The monoisotopic (exact) mass is 244 g/mol. The highest BCUT2D eigenvalue weighted by molar-refractivity contribution is 5.61. The summed E-state index contributed by atoms with van der Waals surface area (Å²) in [6.07, 6.45) is -3.55. The third kappa shape index (κ3) is 2.11. The molecule has 0 bridgehead atoms. The molecule has 1 aliphatic rings.